The maximum absolute atomic E-state index is 10.5. The zero-order chi connectivity index (χ0) is 16.1. The van der Waals surface area contributed by atoms with Crippen LogP contribution < -0.4 is 5.73 Å². The molecule has 0 amide bonds. The van der Waals surface area contributed by atoms with Crippen LogP contribution in [0, 0.1) is 0 Å². The lowest BCUT2D eigenvalue weighted by Gasteiger charge is -1.95. The van der Waals surface area contributed by atoms with Crippen LogP contribution in [0.4, 0.5) is 5.69 Å². The third-order valence-corrected chi connectivity index (χ3v) is 3.95. The first-order valence-electron chi connectivity index (χ1n) is 5.46. The van der Waals surface area contributed by atoms with Crippen molar-refractivity contribution in [3.8, 4) is 0 Å². The fourth-order valence-corrected chi connectivity index (χ4v) is 2.21. The molecule has 0 heterocycles. The Bertz CT molecular complexity index is 783. The summed E-state index contributed by atoms with van der Waals surface area (Å²) in [6, 6.07) is 12.7. The van der Waals surface area contributed by atoms with Gasteiger partial charge >= 0.3 is 0 Å². The molecule has 4 N–H and O–H groups in total. The van der Waals surface area contributed by atoms with Gasteiger partial charge in [0, 0.05) is 5.69 Å². The fourth-order valence-electron chi connectivity index (χ4n) is 1.23. The molecule has 0 saturated carbocycles. The fraction of sp³-hybridized carbons (Fsp3) is 0. The van der Waals surface area contributed by atoms with Crippen molar-refractivity contribution >= 4 is 25.9 Å². The molecule has 2 aromatic rings. The van der Waals surface area contributed by atoms with Crippen LogP contribution in [0.3, 0.4) is 0 Å². The van der Waals surface area contributed by atoms with Crippen molar-refractivity contribution in [3.63, 3.8) is 0 Å². The van der Waals surface area contributed by atoms with Crippen LogP contribution in [0.2, 0.25) is 0 Å². The van der Waals surface area contributed by atoms with Crippen molar-refractivity contribution in [2.75, 3.05) is 5.73 Å². The average Bonchev–Trinajstić information content (AvgIpc) is 2.39. The highest BCUT2D eigenvalue weighted by Crippen LogP contribution is 2.10. The van der Waals surface area contributed by atoms with Gasteiger partial charge in [0.15, 0.2) is 0 Å². The van der Waals surface area contributed by atoms with E-state index < -0.39 is 20.2 Å². The van der Waals surface area contributed by atoms with Crippen molar-refractivity contribution in [2.24, 2.45) is 0 Å². The summed E-state index contributed by atoms with van der Waals surface area (Å²) in [5.74, 6) is 0. The molecule has 114 valence electrons. The first kappa shape index (κ1) is 17.1. The van der Waals surface area contributed by atoms with Crippen LogP contribution in [0.5, 0.6) is 0 Å². The van der Waals surface area contributed by atoms with Crippen LogP contribution in [0.1, 0.15) is 0 Å². The molecule has 0 radical (unpaired) electrons. The second-order valence-electron chi connectivity index (χ2n) is 3.83. The highest BCUT2D eigenvalue weighted by atomic mass is 32.2. The summed E-state index contributed by atoms with van der Waals surface area (Å²) >= 11 is 0. The van der Waals surface area contributed by atoms with Gasteiger partial charge in [-0.15, -0.1) is 0 Å². The van der Waals surface area contributed by atoms with Crippen LogP contribution in [0.25, 0.3) is 0 Å². The number of nitrogen functional groups attached to an aromatic ring is 1. The molecule has 9 heteroatoms. The van der Waals surface area contributed by atoms with Gasteiger partial charge in [0.05, 0.1) is 9.79 Å². The molecule has 0 bridgehead atoms. The molecule has 7 nitrogen and oxygen atoms in total. The van der Waals surface area contributed by atoms with E-state index in [-0.39, 0.29) is 9.79 Å². The Morgan fingerprint density at radius 1 is 0.667 bits per heavy atom. The standard InChI is InChI=1S/C6H7NO3S.C6H6O3S/c7-5-1-3-6(4-2-5)11(8,9)10;7-10(8,9)6-4-2-1-3-5-6/h1-4H,7H2,(H,8,9,10);1-5H,(H,7,8,9). The molecule has 21 heavy (non-hydrogen) atoms. The van der Waals surface area contributed by atoms with Crippen LogP contribution >= 0.6 is 0 Å². The Kier molecular flexibility index (Phi) is 5.44. The van der Waals surface area contributed by atoms with Gasteiger partial charge in [-0.1, -0.05) is 18.2 Å². The Morgan fingerprint density at radius 2 is 1.05 bits per heavy atom. The Labute approximate surface area is 122 Å². The summed E-state index contributed by atoms with van der Waals surface area (Å²) in [5, 5.41) is 0. The van der Waals surface area contributed by atoms with E-state index in [2.05, 4.69) is 0 Å². The maximum atomic E-state index is 10.5. The van der Waals surface area contributed by atoms with E-state index in [1.54, 1.807) is 18.2 Å². The Hall–Kier alpha value is -1.94. The van der Waals surface area contributed by atoms with E-state index in [1.165, 1.54) is 36.4 Å². The monoisotopic (exact) mass is 331 g/mol. The van der Waals surface area contributed by atoms with Gasteiger partial charge in [-0.2, -0.15) is 16.8 Å². The molecule has 2 rings (SSSR count). The summed E-state index contributed by atoms with van der Waals surface area (Å²) in [6.07, 6.45) is 0. The molecule has 0 fully saturated rings. The number of nitrogens with two attached hydrogens (primary N) is 1. The summed E-state index contributed by atoms with van der Waals surface area (Å²) in [7, 11) is -8.08. The molecule has 0 aliphatic carbocycles. The van der Waals surface area contributed by atoms with Gasteiger partial charge in [-0.05, 0) is 36.4 Å². The highest BCUT2D eigenvalue weighted by Gasteiger charge is 2.07. The molecule has 0 aliphatic heterocycles. The molecule has 0 unspecified atom stereocenters. The largest absolute Gasteiger partial charge is 0.399 e. The number of hydrogen-bond acceptors (Lipinski definition) is 5. The average molecular weight is 331 g/mol. The molecule has 0 atom stereocenters. The Balaban J connectivity index is 0.000000211. The summed E-state index contributed by atoms with van der Waals surface area (Å²) < 4.78 is 58.7. The third-order valence-electron chi connectivity index (χ3n) is 2.22. The molecule has 0 aliphatic rings. The van der Waals surface area contributed by atoms with Gasteiger partial charge < -0.3 is 5.73 Å². The van der Waals surface area contributed by atoms with E-state index in [0.717, 1.165) is 0 Å². The van der Waals surface area contributed by atoms with Crippen molar-refractivity contribution < 1.29 is 25.9 Å². The third kappa shape index (κ3) is 5.92. The van der Waals surface area contributed by atoms with E-state index in [0.29, 0.717) is 5.69 Å². The van der Waals surface area contributed by atoms with Crippen LogP contribution in [0.15, 0.2) is 64.4 Å². The highest BCUT2D eigenvalue weighted by molar-refractivity contribution is 7.86. The second kappa shape index (κ2) is 6.68. The van der Waals surface area contributed by atoms with Gasteiger partial charge in [-0.3, -0.25) is 9.11 Å². The number of hydrogen-bond donors (Lipinski definition) is 3. The lowest BCUT2D eigenvalue weighted by molar-refractivity contribution is 0.481. The van der Waals surface area contributed by atoms with Crippen molar-refractivity contribution in [1.29, 1.82) is 0 Å². The van der Waals surface area contributed by atoms with Gasteiger partial charge in [-0.25, -0.2) is 0 Å². The lowest BCUT2D eigenvalue weighted by Crippen LogP contribution is -1.97. The van der Waals surface area contributed by atoms with E-state index in [4.69, 9.17) is 14.8 Å². The number of anilines is 1. The van der Waals surface area contributed by atoms with Crippen molar-refractivity contribution in [2.45, 2.75) is 9.79 Å². The van der Waals surface area contributed by atoms with Crippen molar-refractivity contribution in [3.05, 3.63) is 54.6 Å². The quantitative estimate of drug-likeness (QED) is 0.560. The Morgan fingerprint density at radius 3 is 1.38 bits per heavy atom. The normalized spacial score (nSPS) is 11.3. The van der Waals surface area contributed by atoms with Crippen LogP contribution in [-0.2, 0) is 20.2 Å². The van der Waals surface area contributed by atoms with Crippen LogP contribution in [-0.4, -0.2) is 25.9 Å². The zero-order valence-corrected chi connectivity index (χ0v) is 12.3. The molecule has 0 spiro atoms. The molecule has 0 aromatic heterocycles. The maximum Gasteiger partial charge on any atom is 0.294 e. The zero-order valence-electron chi connectivity index (χ0n) is 10.6. The summed E-state index contributed by atoms with van der Waals surface area (Å²) in [5.41, 5.74) is 5.75. The molecular formula is C12H13NO6S2. The second-order valence-corrected chi connectivity index (χ2v) is 6.68. The predicted octanol–water partition coefficient (Wildman–Crippen LogP) is 1.45. The minimum atomic E-state index is -4.08. The first-order valence-corrected chi connectivity index (χ1v) is 8.34. The minimum absolute atomic E-state index is 0.0741. The number of benzene rings is 2. The minimum Gasteiger partial charge on any atom is -0.399 e. The number of rotatable bonds is 2. The topological polar surface area (TPSA) is 135 Å². The summed E-state index contributed by atoms with van der Waals surface area (Å²) in [6.45, 7) is 0. The molecule has 0 saturated heterocycles. The SMILES string of the molecule is Nc1ccc(S(=O)(=O)O)cc1.O=S(=O)(O)c1ccccc1. The van der Waals surface area contributed by atoms with E-state index in [9.17, 15) is 16.8 Å². The molecule has 2 aromatic carbocycles. The molecular weight excluding hydrogens is 318 g/mol. The van der Waals surface area contributed by atoms with E-state index in [1.807, 2.05) is 0 Å². The summed E-state index contributed by atoms with van der Waals surface area (Å²) in [4.78, 5) is -0.221. The predicted molar refractivity (Wildman–Crippen MR) is 76.9 cm³/mol. The van der Waals surface area contributed by atoms with Gasteiger partial charge in [0.1, 0.15) is 0 Å². The van der Waals surface area contributed by atoms with Gasteiger partial charge in [0.25, 0.3) is 20.2 Å². The van der Waals surface area contributed by atoms with Gasteiger partial charge in [0.2, 0.25) is 0 Å². The van der Waals surface area contributed by atoms with E-state index >= 15 is 0 Å². The smallest absolute Gasteiger partial charge is 0.294 e. The van der Waals surface area contributed by atoms with Crippen molar-refractivity contribution in [1.82, 2.24) is 0 Å². The first-order chi connectivity index (χ1) is 9.60. The lowest BCUT2D eigenvalue weighted by atomic mass is 10.3.